The second-order valence-corrected chi connectivity index (χ2v) is 6.15. The third-order valence-corrected chi connectivity index (χ3v) is 4.54. The van der Waals surface area contributed by atoms with Gasteiger partial charge in [-0.15, -0.1) is 0 Å². The highest BCUT2D eigenvalue weighted by Gasteiger charge is 2.14. The van der Waals surface area contributed by atoms with Crippen LogP contribution in [0.25, 0.3) is 0 Å². The number of hydrogen-bond acceptors (Lipinski definition) is 2. The fraction of sp³-hybridized carbons (Fsp3) is 0.350. The number of anilines is 1. The summed E-state index contributed by atoms with van der Waals surface area (Å²) in [6.45, 7) is 12.8. The minimum absolute atomic E-state index is 0.142. The van der Waals surface area contributed by atoms with E-state index in [-0.39, 0.29) is 5.78 Å². The van der Waals surface area contributed by atoms with Crippen LogP contribution in [0.2, 0.25) is 0 Å². The zero-order valence-corrected chi connectivity index (χ0v) is 14.4. The van der Waals surface area contributed by atoms with Crippen LogP contribution in [0, 0.1) is 34.6 Å². The molecule has 0 bridgehead atoms. The molecule has 2 heteroatoms. The lowest BCUT2D eigenvalue weighted by Crippen LogP contribution is -2.10. The summed E-state index contributed by atoms with van der Waals surface area (Å²) in [5.41, 5.74) is 9.20. The van der Waals surface area contributed by atoms with Gasteiger partial charge in [-0.05, 0) is 81.0 Å². The lowest BCUT2D eigenvalue weighted by molar-refractivity contribution is 0.101. The highest BCUT2D eigenvalue weighted by molar-refractivity contribution is 5.97. The molecule has 2 aromatic rings. The predicted octanol–water partition coefficient (Wildman–Crippen LogP) is 5.04. The van der Waals surface area contributed by atoms with Gasteiger partial charge in [-0.1, -0.05) is 18.2 Å². The number of Topliss-reactive ketones (excluding diaryl/α,β-unsaturated/α-hetero) is 1. The summed E-state index contributed by atoms with van der Waals surface area (Å²) >= 11 is 0. The van der Waals surface area contributed by atoms with Crippen molar-refractivity contribution in [2.75, 3.05) is 5.32 Å². The first-order valence-electron chi connectivity index (χ1n) is 7.73. The summed E-state index contributed by atoms with van der Waals surface area (Å²) in [6, 6.07) is 8.41. The van der Waals surface area contributed by atoms with Crippen molar-refractivity contribution >= 4 is 11.5 Å². The first-order valence-corrected chi connectivity index (χ1v) is 7.73. The first-order chi connectivity index (χ1) is 10.3. The van der Waals surface area contributed by atoms with Gasteiger partial charge in [-0.2, -0.15) is 0 Å². The second kappa shape index (κ2) is 6.35. The van der Waals surface area contributed by atoms with Crippen LogP contribution in [0.3, 0.4) is 0 Å². The number of rotatable bonds is 4. The normalized spacial score (nSPS) is 10.6. The van der Waals surface area contributed by atoms with Crippen molar-refractivity contribution < 1.29 is 4.79 Å². The van der Waals surface area contributed by atoms with Crippen LogP contribution in [-0.2, 0) is 6.54 Å². The van der Waals surface area contributed by atoms with Crippen molar-refractivity contribution in [1.82, 2.24) is 0 Å². The highest BCUT2D eigenvalue weighted by Crippen LogP contribution is 2.25. The second-order valence-electron chi connectivity index (χ2n) is 6.15. The Hall–Kier alpha value is -2.09. The molecule has 0 amide bonds. The molecule has 2 nitrogen and oxygen atoms in total. The SMILES string of the molecule is CC(=O)c1c(C)cc(C)c(CNc2cccc(C)c2C)c1C. The van der Waals surface area contributed by atoms with Gasteiger partial charge in [0.2, 0.25) is 0 Å². The Morgan fingerprint density at radius 3 is 2.27 bits per heavy atom. The van der Waals surface area contributed by atoms with Gasteiger partial charge in [-0.3, -0.25) is 4.79 Å². The summed E-state index contributed by atoms with van der Waals surface area (Å²) in [6.07, 6.45) is 0. The summed E-state index contributed by atoms with van der Waals surface area (Å²) in [4.78, 5) is 11.9. The van der Waals surface area contributed by atoms with Crippen molar-refractivity contribution in [2.45, 2.75) is 48.1 Å². The maximum atomic E-state index is 11.9. The molecule has 2 rings (SSSR count). The van der Waals surface area contributed by atoms with E-state index in [2.05, 4.69) is 57.3 Å². The van der Waals surface area contributed by atoms with Crippen LogP contribution >= 0.6 is 0 Å². The summed E-state index contributed by atoms with van der Waals surface area (Å²) < 4.78 is 0. The molecule has 0 aliphatic carbocycles. The summed E-state index contributed by atoms with van der Waals surface area (Å²) in [5.74, 6) is 0.142. The monoisotopic (exact) mass is 295 g/mol. The van der Waals surface area contributed by atoms with Gasteiger partial charge in [-0.25, -0.2) is 0 Å². The molecule has 0 fully saturated rings. The topological polar surface area (TPSA) is 29.1 Å². The molecular formula is C20H25NO. The Morgan fingerprint density at radius 2 is 1.64 bits per heavy atom. The number of ketones is 1. The molecule has 0 aromatic heterocycles. The van der Waals surface area contributed by atoms with Gasteiger partial charge in [0.25, 0.3) is 0 Å². The minimum Gasteiger partial charge on any atom is -0.381 e. The number of benzene rings is 2. The third-order valence-electron chi connectivity index (χ3n) is 4.54. The highest BCUT2D eigenvalue weighted by atomic mass is 16.1. The molecule has 0 spiro atoms. The quantitative estimate of drug-likeness (QED) is 0.800. The predicted molar refractivity (Wildman–Crippen MR) is 93.9 cm³/mol. The van der Waals surface area contributed by atoms with E-state index in [1.54, 1.807) is 6.92 Å². The molecule has 0 radical (unpaired) electrons. The molecule has 2 aromatic carbocycles. The molecular weight excluding hydrogens is 270 g/mol. The van der Waals surface area contributed by atoms with E-state index < -0.39 is 0 Å². The van der Waals surface area contributed by atoms with E-state index in [1.807, 2.05) is 6.92 Å². The van der Waals surface area contributed by atoms with Crippen molar-refractivity contribution in [3.63, 3.8) is 0 Å². The number of aryl methyl sites for hydroxylation is 3. The smallest absolute Gasteiger partial charge is 0.160 e. The Kier molecular flexibility index (Phi) is 4.70. The van der Waals surface area contributed by atoms with E-state index in [4.69, 9.17) is 0 Å². The molecule has 0 heterocycles. The average Bonchev–Trinajstić information content (AvgIpc) is 2.42. The molecule has 116 valence electrons. The Bertz CT molecular complexity index is 729. The van der Waals surface area contributed by atoms with Crippen LogP contribution < -0.4 is 5.32 Å². The maximum Gasteiger partial charge on any atom is 0.160 e. The molecule has 0 saturated heterocycles. The van der Waals surface area contributed by atoms with Crippen molar-refractivity contribution in [1.29, 1.82) is 0 Å². The zero-order chi connectivity index (χ0) is 16.4. The van der Waals surface area contributed by atoms with Crippen molar-refractivity contribution in [3.05, 3.63) is 63.2 Å². The maximum absolute atomic E-state index is 11.9. The first kappa shape index (κ1) is 16.3. The van der Waals surface area contributed by atoms with E-state index in [1.165, 1.54) is 22.3 Å². The van der Waals surface area contributed by atoms with E-state index in [9.17, 15) is 4.79 Å². The van der Waals surface area contributed by atoms with E-state index >= 15 is 0 Å². The minimum atomic E-state index is 0.142. The zero-order valence-electron chi connectivity index (χ0n) is 14.4. The lowest BCUT2D eigenvalue weighted by atomic mass is 9.91. The number of carbonyl (C=O) groups excluding carboxylic acids is 1. The van der Waals surface area contributed by atoms with Crippen LogP contribution in [0.4, 0.5) is 5.69 Å². The Balaban J connectivity index is 2.36. The Morgan fingerprint density at radius 1 is 0.955 bits per heavy atom. The van der Waals surface area contributed by atoms with E-state index in [0.717, 1.165) is 28.9 Å². The number of nitrogens with one attached hydrogen (secondary N) is 1. The van der Waals surface area contributed by atoms with Gasteiger partial charge in [0.05, 0.1) is 0 Å². The lowest BCUT2D eigenvalue weighted by Gasteiger charge is -2.18. The van der Waals surface area contributed by atoms with Crippen LogP contribution in [0.5, 0.6) is 0 Å². The van der Waals surface area contributed by atoms with E-state index in [0.29, 0.717) is 0 Å². The third kappa shape index (κ3) is 3.06. The van der Waals surface area contributed by atoms with Gasteiger partial charge in [0.15, 0.2) is 5.78 Å². The number of carbonyl (C=O) groups is 1. The summed E-state index contributed by atoms with van der Waals surface area (Å²) in [5, 5.41) is 3.53. The van der Waals surface area contributed by atoms with Gasteiger partial charge < -0.3 is 5.32 Å². The molecule has 0 aliphatic heterocycles. The fourth-order valence-corrected chi connectivity index (χ4v) is 3.17. The van der Waals surface area contributed by atoms with Crippen LogP contribution in [-0.4, -0.2) is 5.78 Å². The Labute approximate surface area is 133 Å². The number of hydrogen-bond donors (Lipinski definition) is 1. The average molecular weight is 295 g/mol. The molecule has 0 unspecified atom stereocenters. The van der Waals surface area contributed by atoms with Crippen molar-refractivity contribution in [2.24, 2.45) is 0 Å². The summed E-state index contributed by atoms with van der Waals surface area (Å²) in [7, 11) is 0. The molecule has 0 atom stereocenters. The largest absolute Gasteiger partial charge is 0.381 e. The van der Waals surface area contributed by atoms with Gasteiger partial charge in [0, 0.05) is 17.8 Å². The van der Waals surface area contributed by atoms with Crippen LogP contribution in [0.15, 0.2) is 24.3 Å². The molecule has 22 heavy (non-hydrogen) atoms. The molecule has 1 N–H and O–H groups in total. The van der Waals surface area contributed by atoms with Crippen molar-refractivity contribution in [3.8, 4) is 0 Å². The van der Waals surface area contributed by atoms with Gasteiger partial charge >= 0.3 is 0 Å². The van der Waals surface area contributed by atoms with Gasteiger partial charge in [0.1, 0.15) is 0 Å². The molecule has 0 aliphatic rings. The van der Waals surface area contributed by atoms with Crippen LogP contribution in [0.1, 0.15) is 50.7 Å². The fourth-order valence-electron chi connectivity index (χ4n) is 3.17. The standard InChI is InChI=1S/C20H25NO/c1-12-8-7-9-19(15(12)4)21-11-18-13(2)10-14(3)20(16(18)5)17(6)22/h7-10,21H,11H2,1-6H3. The molecule has 0 saturated carbocycles.